The van der Waals surface area contributed by atoms with Crippen molar-refractivity contribution >= 4 is 42.6 Å². The molecule has 2 saturated heterocycles. The molecule has 0 spiro atoms. The van der Waals surface area contributed by atoms with E-state index < -0.39 is 0 Å². The maximum atomic E-state index is 12.3. The van der Waals surface area contributed by atoms with Crippen LogP contribution in [0, 0.1) is 5.92 Å². The van der Waals surface area contributed by atoms with Crippen LogP contribution in [0.2, 0.25) is 0 Å². The molecule has 0 atom stereocenters. The Kier molecular flexibility index (Phi) is 11.9. The standard InChI is InChI=1S/C19H30N6O2.2ClH/c26-17(3-2-16-4-9-20-10-5-16)21-11-6-18(27)24-12-14-25(15-13-24)19-22-7-1-8-23-19;;/h1,7-8,16,20H,2-6,9-15H2,(H,21,26);2*1H. The van der Waals surface area contributed by atoms with Gasteiger partial charge in [0.2, 0.25) is 17.8 Å². The summed E-state index contributed by atoms with van der Waals surface area (Å²) in [6, 6.07) is 1.80. The molecule has 0 unspecified atom stereocenters. The van der Waals surface area contributed by atoms with Crippen LogP contribution >= 0.6 is 24.8 Å². The van der Waals surface area contributed by atoms with Crippen LogP contribution in [0.5, 0.6) is 0 Å². The van der Waals surface area contributed by atoms with E-state index in [4.69, 9.17) is 0 Å². The van der Waals surface area contributed by atoms with Crippen LogP contribution in [-0.4, -0.2) is 72.5 Å². The van der Waals surface area contributed by atoms with Crippen LogP contribution in [0.3, 0.4) is 0 Å². The van der Waals surface area contributed by atoms with Gasteiger partial charge in [-0.1, -0.05) is 0 Å². The second-order valence-corrected chi connectivity index (χ2v) is 7.25. The topological polar surface area (TPSA) is 90.5 Å². The Morgan fingerprint density at radius 2 is 1.69 bits per heavy atom. The van der Waals surface area contributed by atoms with Gasteiger partial charge in [-0.15, -0.1) is 24.8 Å². The van der Waals surface area contributed by atoms with Gasteiger partial charge in [-0.25, -0.2) is 9.97 Å². The van der Waals surface area contributed by atoms with Crippen molar-refractivity contribution in [2.45, 2.75) is 32.1 Å². The van der Waals surface area contributed by atoms with Crippen molar-refractivity contribution in [1.82, 2.24) is 25.5 Å². The number of carbonyl (C=O) groups excluding carboxylic acids is 2. The largest absolute Gasteiger partial charge is 0.356 e. The van der Waals surface area contributed by atoms with Crippen LogP contribution in [-0.2, 0) is 9.59 Å². The summed E-state index contributed by atoms with van der Waals surface area (Å²) in [5.41, 5.74) is 0. The summed E-state index contributed by atoms with van der Waals surface area (Å²) in [5, 5.41) is 6.23. The van der Waals surface area contributed by atoms with Crippen molar-refractivity contribution in [3.63, 3.8) is 0 Å². The highest BCUT2D eigenvalue weighted by molar-refractivity contribution is 5.85. The number of hydrogen-bond donors (Lipinski definition) is 2. The first-order chi connectivity index (χ1) is 13.2. The first kappa shape index (κ1) is 25.4. The van der Waals surface area contributed by atoms with Gasteiger partial charge in [0.15, 0.2) is 0 Å². The van der Waals surface area contributed by atoms with E-state index in [-0.39, 0.29) is 36.6 Å². The van der Waals surface area contributed by atoms with E-state index in [1.807, 2.05) is 4.90 Å². The number of hydrogen-bond acceptors (Lipinski definition) is 6. The molecule has 2 N–H and O–H groups in total. The molecule has 2 amide bonds. The molecule has 0 bridgehead atoms. The number of piperazine rings is 1. The van der Waals surface area contributed by atoms with E-state index in [1.165, 1.54) is 0 Å². The van der Waals surface area contributed by atoms with Crippen LogP contribution in [0.4, 0.5) is 5.95 Å². The number of carbonyl (C=O) groups is 2. The van der Waals surface area contributed by atoms with Gasteiger partial charge in [0.05, 0.1) is 0 Å². The van der Waals surface area contributed by atoms with Gasteiger partial charge >= 0.3 is 0 Å². The van der Waals surface area contributed by atoms with Crippen molar-refractivity contribution in [3.05, 3.63) is 18.5 Å². The second-order valence-electron chi connectivity index (χ2n) is 7.25. The summed E-state index contributed by atoms with van der Waals surface area (Å²) in [7, 11) is 0. The molecule has 3 rings (SSSR count). The van der Waals surface area contributed by atoms with Crippen molar-refractivity contribution in [1.29, 1.82) is 0 Å². The molecule has 0 aromatic carbocycles. The molecule has 0 radical (unpaired) electrons. The van der Waals surface area contributed by atoms with Crippen molar-refractivity contribution in [2.75, 3.05) is 50.7 Å². The molecule has 164 valence electrons. The summed E-state index contributed by atoms with van der Waals surface area (Å²) in [6.45, 7) is 5.35. The summed E-state index contributed by atoms with van der Waals surface area (Å²) < 4.78 is 0. The fourth-order valence-corrected chi connectivity index (χ4v) is 3.67. The molecule has 2 fully saturated rings. The zero-order chi connectivity index (χ0) is 18.9. The second kappa shape index (κ2) is 13.6. The summed E-state index contributed by atoms with van der Waals surface area (Å²) >= 11 is 0. The molecule has 10 heteroatoms. The van der Waals surface area contributed by atoms with Gasteiger partial charge in [0.1, 0.15) is 0 Å². The molecule has 0 aliphatic carbocycles. The minimum atomic E-state index is 0. The maximum absolute atomic E-state index is 12.3. The summed E-state index contributed by atoms with van der Waals surface area (Å²) in [4.78, 5) is 36.8. The Bertz CT molecular complexity index is 608. The minimum absolute atomic E-state index is 0. The lowest BCUT2D eigenvalue weighted by Crippen LogP contribution is -2.49. The number of halogens is 2. The highest BCUT2D eigenvalue weighted by Crippen LogP contribution is 2.17. The molecule has 2 aliphatic heterocycles. The highest BCUT2D eigenvalue weighted by atomic mass is 35.5. The van der Waals surface area contributed by atoms with E-state index in [1.54, 1.807) is 18.5 Å². The monoisotopic (exact) mass is 446 g/mol. The van der Waals surface area contributed by atoms with Gasteiger partial charge < -0.3 is 20.4 Å². The van der Waals surface area contributed by atoms with Gasteiger partial charge in [0, 0.05) is 58.0 Å². The van der Waals surface area contributed by atoms with Crippen molar-refractivity contribution in [2.24, 2.45) is 5.92 Å². The molecule has 1 aromatic heterocycles. The minimum Gasteiger partial charge on any atom is -0.356 e. The Hall–Kier alpha value is -1.64. The number of nitrogens with one attached hydrogen (secondary N) is 2. The maximum Gasteiger partial charge on any atom is 0.225 e. The molecule has 0 saturated carbocycles. The molecule has 1 aromatic rings. The average molecular weight is 447 g/mol. The molecule has 2 aliphatic rings. The first-order valence-corrected chi connectivity index (χ1v) is 9.99. The third kappa shape index (κ3) is 8.32. The van der Waals surface area contributed by atoms with E-state index >= 15 is 0 Å². The predicted octanol–water partition coefficient (Wildman–Crippen LogP) is 1.25. The van der Waals surface area contributed by atoms with E-state index in [9.17, 15) is 9.59 Å². The van der Waals surface area contributed by atoms with Gasteiger partial charge in [-0.05, 0) is 44.3 Å². The molecule has 3 heterocycles. The van der Waals surface area contributed by atoms with Crippen LogP contribution in [0.1, 0.15) is 32.1 Å². The lowest BCUT2D eigenvalue weighted by Gasteiger charge is -2.34. The quantitative estimate of drug-likeness (QED) is 0.654. The average Bonchev–Trinajstić information content (AvgIpc) is 2.74. The van der Waals surface area contributed by atoms with Crippen LogP contribution in [0.25, 0.3) is 0 Å². The molecular formula is C19H32Cl2N6O2. The fourth-order valence-electron chi connectivity index (χ4n) is 3.67. The predicted molar refractivity (Wildman–Crippen MR) is 118 cm³/mol. The zero-order valence-corrected chi connectivity index (χ0v) is 18.3. The van der Waals surface area contributed by atoms with E-state index in [0.29, 0.717) is 44.3 Å². The number of piperidine rings is 1. The third-order valence-corrected chi connectivity index (χ3v) is 5.37. The van der Waals surface area contributed by atoms with Crippen molar-refractivity contribution in [3.8, 4) is 0 Å². The Balaban J connectivity index is 0.00000210. The number of anilines is 1. The van der Waals surface area contributed by atoms with Gasteiger partial charge in [0.25, 0.3) is 0 Å². The Morgan fingerprint density at radius 3 is 2.34 bits per heavy atom. The normalized spacial score (nSPS) is 17.1. The van der Waals surface area contributed by atoms with Gasteiger partial charge in [-0.3, -0.25) is 9.59 Å². The fraction of sp³-hybridized carbons (Fsp3) is 0.684. The lowest BCUT2D eigenvalue weighted by molar-refractivity contribution is -0.131. The number of rotatable bonds is 7. The zero-order valence-electron chi connectivity index (χ0n) is 16.7. The smallest absolute Gasteiger partial charge is 0.225 e. The molecular weight excluding hydrogens is 415 g/mol. The van der Waals surface area contributed by atoms with Crippen LogP contribution < -0.4 is 15.5 Å². The third-order valence-electron chi connectivity index (χ3n) is 5.37. The first-order valence-electron chi connectivity index (χ1n) is 9.99. The molecule has 8 nitrogen and oxygen atoms in total. The Morgan fingerprint density at radius 1 is 1.03 bits per heavy atom. The van der Waals surface area contributed by atoms with E-state index in [2.05, 4.69) is 25.5 Å². The van der Waals surface area contributed by atoms with Crippen LogP contribution in [0.15, 0.2) is 18.5 Å². The van der Waals surface area contributed by atoms with E-state index in [0.717, 1.165) is 45.4 Å². The number of aromatic nitrogens is 2. The lowest BCUT2D eigenvalue weighted by atomic mass is 9.93. The summed E-state index contributed by atoms with van der Waals surface area (Å²) in [5.74, 6) is 1.53. The SMILES string of the molecule is Cl.Cl.O=C(CCC1CCNCC1)NCCC(=O)N1CCN(c2ncccn2)CC1. The highest BCUT2D eigenvalue weighted by Gasteiger charge is 2.22. The number of amides is 2. The number of nitrogens with zero attached hydrogens (tertiary/aromatic N) is 4. The Labute approximate surface area is 185 Å². The summed E-state index contributed by atoms with van der Waals surface area (Å²) in [6.07, 6.45) is 7.65. The van der Waals surface area contributed by atoms with Gasteiger partial charge in [-0.2, -0.15) is 0 Å². The molecule has 29 heavy (non-hydrogen) atoms. The van der Waals surface area contributed by atoms with Crippen molar-refractivity contribution < 1.29 is 9.59 Å².